The van der Waals surface area contributed by atoms with E-state index in [0.29, 0.717) is 18.6 Å². The topological polar surface area (TPSA) is 60.0 Å². The highest BCUT2D eigenvalue weighted by atomic mass is 32.1. The van der Waals surface area contributed by atoms with E-state index in [9.17, 15) is 4.39 Å². The van der Waals surface area contributed by atoms with Crippen molar-refractivity contribution in [3.05, 3.63) is 35.1 Å². The van der Waals surface area contributed by atoms with Crippen LogP contribution in [0.15, 0.2) is 23.7 Å². The Labute approximate surface area is 197 Å². The fourth-order valence-corrected chi connectivity index (χ4v) is 6.26. The number of benzene rings is 1. The number of aromatic nitrogens is 2. The summed E-state index contributed by atoms with van der Waals surface area (Å²) < 4.78 is 31.9. The lowest BCUT2D eigenvalue weighted by Gasteiger charge is -2.47. The van der Waals surface area contributed by atoms with Crippen molar-refractivity contribution in [2.45, 2.75) is 43.7 Å². The molecule has 0 bridgehead atoms. The largest absolute Gasteiger partial charge is 0.493 e. The summed E-state index contributed by atoms with van der Waals surface area (Å²) in [6.45, 7) is 8.86. The minimum Gasteiger partial charge on any atom is -0.493 e. The zero-order chi connectivity index (χ0) is 22.5. The lowest BCUT2D eigenvalue weighted by Crippen LogP contribution is -2.62. The summed E-state index contributed by atoms with van der Waals surface area (Å²) in [5.41, 5.74) is 2.84. The molecule has 4 fully saturated rings. The lowest BCUT2D eigenvalue weighted by molar-refractivity contribution is -0.120. The van der Waals surface area contributed by atoms with Crippen molar-refractivity contribution in [2.75, 3.05) is 57.5 Å². The van der Waals surface area contributed by atoms with Gasteiger partial charge in [0, 0.05) is 17.0 Å². The van der Waals surface area contributed by atoms with Gasteiger partial charge in [-0.3, -0.25) is 4.90 Å². The smallest absolute Gasteiger partial charge is 0.208 e. The van der Waals surface area contributed by atoms with E-state index in [0.717, 1.165) is 81.7 Å². The molecule has 4 aliphatic rings. The molecule has 0 saturated carbocycles. The van der Waals surface area contributed by atoms with Crippen molar-refractivity contribution >= 4 is 16.5 Å². The fourth-order valence-electron chi connectivity index (χ4n) is 5.70. The Hall–Kier alpha value is -1.81. The van der Waals surface area contributed by atoms with Gasteiger partial charge in [0.1, 0.15) is 22.7 Å². The molecule has 4 saturated heterocycles. The van der Waals surface area contributed by atoms with Crippen molar-refractivity contribution in [3.63, 3.8) is 0 Å². The second-order valence-electron chi connectivity index (χ2n) is 10.5. The molecule has 0 aliphatic carbocycles. The number of nitrogens with zero attached hydrogens (tertiary/aromatic N) is 4. The number of likely N-dealkylation sites (tertiary alicyclic amines) is 1. The normalized spacial score (nSPS) is 26.8. The molecule has 0 N–H and O–H groups in total. The highest BCUT2D eigenvalue weighted by molar-refractivity contribution is 7.13. The van der Waals surface area contributed by atoms with Crippen molar-refractivity contribution in [3.8, 4) is 5.75 Å². The van der Waals surface area contributed by atoms with Crippen molar-refractivity contribution in [2.24, 2.45) is 5.41 Å². The maximum Gasteiger partial charge on any atom is 0.208 e. The second kappa shape index (κ2) is 8.45. The molecular formula is C24H31FN4O3S. The van der Waals surface area contributed by atoms with Gasteiger partial charge in [0.15, 0.2) is 0 Å². The lowest BCUT2D eigenvalue weighted by atomic mass is 9.86. The van der Waals surface area contributed by atoms with E-state index in [1.165, 1.54) is 6.07 Å². The van der Waals surface area contributed by atoms with Gasteiger partial charge in [-0.2, -0.15) is 0 Å². The van der Waals surface area contributed by atoms with E-state index in [2.05, 4.69) is 26.9 Å². The van der Waals surface area contributed by atoms with Gasteiger partial charge in [0.2, 0.25) is 5.13 Å². The number of rotatable bonds is 6. The molecular weight excluding hydrogens is 443 g/mol. The minimum atomic E-state index is -0.186. The first-order valence-electron chi connectivity index (χ1n) is 11.9. The van der Waals surface area contributed by atoms with E-state index < -0.39 is 0 Å². The molecule has 5 heterocycles. The van der Waals surface area contributed by atoms with E-state index in [-0.39, 0.29) is 16.8 Å². The third-order valence-corrected chi connectivity index (χ3v) is 8.45. The second-order valence-corrected chi connectivity index (χ2v) is 11.3. The molecule has 1 aromatic carbocycles. The van der Waals surface area contributed by atoms with Crippen LogP contribution in [0.4, 0.5) is 9.52 Å². The van der Waals surface area contributed by atoms with Crippen molar-refractivity contribution in [1.29, 1.82) is 0 Å². The number of hydrogen-bond acceptors (Lipinski definition) is 8. The summed E-state index contributed by atoms with van der Waals surface area (Å²) in [5.74, 6) is 0.969. The predicted molar refractivity (Wildman–Crippen MR) is 124 cm³/mol. The summed E-state index contributed by atoms with van der Waals surface area (Å²) in [4.78, 5) is 4.83. The first kappa shape index (κ1) is 21.7. The number of hydrogen-bond donors (Lipinski definition) is 0. The Balaban J connectivity index is 1.04. The van der Waals surface area contributed by atoms with Crippen LogP contribution in [0.3, 0.4) is 0 Å². The molecule has 1 aromatic heterocycles. The Morgan fingerprint density at radius 3 is 2.76 bits per heavy atom. The highest BCUT2D eigenvalue weighted by Crippen LogP contribution is 2.42. The zero-order valence-electron chi connectivity index (χ0n) is 19.0. The SMILES string of the molecule is CC1(COc2ccc(F)cc2C2CCN([C@@H]3COC4(C3)CN(c3nncs3)C4)CC2)COC1. The number of piperidine rings is 1. The third kappa shape index (κ3) is 4.24. The number of halogens is 1. The van der Waals surface area contributed by atoms with Gasteiger partial charge in [-0.1, -0.05) is 18.3 Å². The van der Waals surface area contributed by atoms with Crippen molar-refractivity contribution < 1.29 is 18.6 Å². The molecule has 7 nitrogen and oxygen atoms in total. The van der Waals surface area contributed by atoms with Gasteiger partial charge in [-0.05, 0) is 56.5 Å². The molecule has 1 spiro atoms. The van der Waals surface area contributed by atoms with Crippen LogP contribution in [0.25, 0.3) is 0 Å². The molecule has 9 heteroatoms. The fraction of sp³-hybridized carbons (Fsp3) is 0.667. The first-order chi connectivity index (χ1) is 16.0. The highest BCUT2D eigenvalue weighted by Gasteiger charge is 2.51. The van der Waals surface area contributed by atoms with Gasteiger partial charge < -0.3 is 19.1 Å². The average Bonchev–Trinajstić information content (AvgIpc) is 3.46. The Kier molecular flexibility index (Phi) is 5.55. The number of anilines is 1. The van der Waals surface area contributed by atoms with Crippen LogP contribution < -0.4 is 9.64 Å². The quantitative estimate of drug-likeness (QED) is 0.637. The van der Waals surface area contributed by atoms with Crippen molar-refractivity contribution in [1.82, 2.24) is 15.1 Å². The molecule has 0 amide bonds. The van der Waals surface area contributed by atoms with Crippen LogP contribution in [0, 0.1) is 11.2 Å². The van der Waals surface area contributed by atoms with Crippen LogP contribution in [0.1, 0.15) is 37.7 Å². The van der Waals surface area contributed by atoms with Crippen LogP contribution in [-0.2, 0) is 9.47 Å². The monoisotopic (exact) mass is 474 g/mol. The summed E-state index contributed by atoms with van der Waals surface area (Å²) in [6, 6.07) is 5.45. The molecule has 178 valence electrons. The summed E-state index contributed by atoms with van der Waals surface area (Å²) in [5, 5.41) is 9.10. The first-order valence-corrected chi connectivity index (χ1v) is 12.8. The van der Waals surface area contributed by atoms with Gasteiger partial charge >= 0.3 is 0 Å². The van der Waals surface area contributed by atoms with Crippen LogP contribution in [0.2, 0.25) is 0 Å². The Morgan fingerprint density at radius 2 is 2.06 bits per heavy atom. The van der Waals surface area contributed by atoms with E-state index >= 15 is 0 Å². The maximum absolute atomic E-state index is 14.1. The summed E-state index contributed by atoms with van der Waals surface area (Å²) >= 11 is 1.58. The molecule has 6 rings (SSSR count). The van der Waals surface area contributed by atoms with Crippen LogP contribution in [0.5, 0.6) is 5.75 Å². The Bertz CT molecular complexity index is 972. The van der Waals surface area contributed by atoms with Crippen LogP contribution in [-0.4, -0.2) is 79.3 Å². The Morgan fingerprint density at radius 1 is 1.24 bits per heavy atom. The molecule has 2 aromatic rings. The molecule has 0 radical (unpaired) electrons. The average molecular weight is 475 g/mol. The molecule has 1 atom stereocenters. The third-order valence-electron chi connectivity index (χ3n) is 7.70. The van der Waals surface area contributed by atoms with E-state index in [1.54, 1.807) is 29.0 Å². The predicted octanol–water partition coefficient (Wildman–Crippen LogP) is 3.32. The van der Waals surface area contributed by atoms with Gasteiger partial charge in [0.25, 0.3) is 0 Å². The summed E-state index contributed by atoms with van der Waals surface area (Å²) in [7, 11) is 0. The van der Waals surface area contributed by atoms with Gasteiger partial charge in [-0.15, -0.1) is 10.2 Å². The van der Waals surface area contributed by atoms with E-state index in [1.807, 2.05) is 0 Å². The number of ether oxygens (including phenoxy) is 3. The van der Waals surface area contributed by atoms with Gasteiger partial charge in [-0.25, -0.2) is 4.39 Å². The summed E-state index contributed by atoms with van der Waals surface area (Å²) in [6.07, 6.45) is 3.10. The minimum absolute atomic E-state index is 0.0297. The van der Waals surface area contributed by atoms with Crippen LogP contribution >= 0.6 is 11.3 Å². The standard InChI is InChI=1S/C24H31FN4O3S/c1-23(13-30-14-23)15-31-21-3-2-18(25)8-20(21)17-4-6-28(7-5-17)19-9-24(32-10-19)11-29(12-24)22-27-26-16-33-22/h2-3,8,16-17,19H,4-7,9-15H2,1H3/t19-/m0/s1. The molecule has 0 unspecified atom stereocenters. The molecule has 4 aliphatic heterocycles. The zero-order valence-corrected chi connectivity index (χ0v) is 19.9. The van der Waals surface area contributed by atoms with E-state index in [4.69, 9.17) is 14.2 Å². The van der Waals surface area contributed by atoms with Gasteiger partial charge in [0.05, 0.1) is 39.5 Å². The molecule has 33 heavy (non-hydrogen) atoms. The maximum atomic E-state index is 14.1.